The van der Waals surface area contributed by atoms with Gasteiger partial charge in [0, 0.05) is 19.1 Å². The van der Waals surface area contributed by atoms with Gasteiger partial charge in [0.15, 0.2) is 4.21 Å². The highest BCUT2D eigenvalue weighted by atomic mass is 35.5. The highest BCUT2D eigenvalue weighted by Gasteiger charge is 2.35. The first-order valence-corrected chi connectivity index (χ1v) is 8.35. The predicted octanol–water partition coefficient (Wildman–Crippen LogP) is 1.62. The molecule has 8 heteroatoms. The average molecular weight is 326 g/mol. The molecule has 0 spiro atoms. The maximum atomic E-state index is 12.5. The Bertz CT molecular complexity index is 518. The Balaban J connectivity index is 0.00000180. The molecule has 2 N–H and O–H groups in total. The summed E-state index contributed by atoms with van der Waals surface area (Å²) < 4.78 is 26.9. The molecule has 2 unspecified atom stereocenters. The van der Waals surface area contributed by atoms with Gasteiger partial charge in [0.05, 0.1) is 11.2 Å². The largest absolute Gasteiger partial charge is 0.329 e. The number of aryl methyl sites for hydroxylation is 1. The van der Waals surface area contributed by atoms with Gasteiger partial charge in [0.25, 0.3) is 10.0 Å². The van der Waals surface area contributed by atoms with Gasteiger partial charge in [-0.3, -0.25) is 0 Å². The lowest BCUT2D eigenvalue weighted by Crippen LogP contribution is -2.48. The van der Waals surface area contributed by atoms with E-state index in [1.54, 1.807) is 4.31 Å². The van der Waals surface area contributed by atoms with Crippen LogP contribution in [0.2, 0.25) is 0 Å². The Morgan fingerprint density at radius 3 is 2.79 bits per heavy atom. The van der Waals surface area contributed by atoms with Crippen LogP contribution in [0.4, 0.5) is 0 Å². The van der Waals surface area contributed by atoms with Crippen LogP contribution in [0.5, 0.6) is 0 Å². The molecule has 1 fully saturated rings. The van der Waals surface area contributed by atoms with Gasteiger partial charge in [-0.05, 0) is 25.7 Å². The van der Waals surface area contributed by atoms with Crippen molar-refractivity contribution >= 4 is 33.8 Å². The molecule has 110 valence electrons. The monoisotopic (exact) mass is 325 g/mol. The molecule has 5 nitrogen and oxygen atoms in total. The van der Waals surface area contributed by atoms with E-state index in [2.05, 4.69) is 11.9 Å². The van der Waals surface area contributed by atoms with Crippen molar-refractivity contribution in [3.05, 3.63) is 11.2 Å². The fourth-order valence-electron chi connectivity index (χ4n) is 2.34. The van der Waals surface area contributed by atoms with Crippen molar-refractivity contribution in [1.29, 1.82) is 0 Å². The number of aromatic nitrogens is 1. The Morgan fingerprint density at radius 1 is 1.58 bits per heavy atom. The lowest BCUT2D eigenvalue weighted by molar-refractivity contribution is 0.211. The molecule has 1 aromatic rings. The van der Waals surface area contributed by atoms with E-state index in [1.807, 2.05) is 6.92 Å². The number of rotatable bonds is 3. The number of sulfonamides is 1. The molecule has 2 atom stereocenters. The molecule has 1 aromatic heterocycles. The second kappa shape index (κ2) is 6.49. The van der Waals surface area contributed by atoms with Crippen LogP contribution in [0.3, 0.4) is 0 Å². The lowest BCUT2D eigenvalue weighted by Gasteiger charge is -2.36. The van der Waals surface area contributed by atoms with E-state index >= 15 is 0 Å². The highest BCUT2D eigenvalue weighted by molar-refractivity contribution is 7.91. The molecular weight excluding hydrogens is 306 g/mol. The van der Waals surface area contributed by atoms with Crippen LogP contribution in [0.25, 0.3) is 0 Å². The number of piperidine rings is 1. The second-order valence-electron chi connectivity index (χ2n) is 4.83. The van der Waals surface area contributed by atoms with Gasteiger partial charge in [-0.15, -0.1) is 23.7 Å². The third-order valence-electron chi connectivity index (χ3n) is 3.36. The number of thiazole rings is 1. The first-order chi connectivity index (χ1) is 8.45. The normalized spacial score (nSPS) is 25.0. The summed E-state index contributed by atoms with van der Waals surface area (Å²) in [5, 5.41) is 0.767. The van der Waals surface area contributed by atoms with E-state index in [1.165, 1.54) is 17.5 Å². The van der Waals surface area contributed by atoms with Crippen LogP contribution in [-0.2, 0) is 10.0 Å². The quantitative estimate of drug-likeness (QED) is 0.916. The maximum Gasteiger partial charge on any atom is 0.254 e. The van der Waals surface area contributed by atoms with Crippen molar-refractivity contribution in [3.8, 4) is 0 Å². The lowest BCUT2D eigenvalue weighted by atomic mass is 9.94. The van der Waals surface area contributed by atoms with Gasteiger partial charge in [0.2, 0.25) is 0 Å². The van der Waals surface area contributed by atoms with Crippen LogP contribution in [0.1, 0.15) is 24.8 Å². The van der Waals surface area contributed by atoms with E-state index in [9.17, 15) is 8.42 Å². The molecule has 0 aliphatic carbocycles. The van der Waals surface area contributed by atoms with E-state index in [-0.39, 0.29) is 18.4 Å². The van der Waals surface area contributed by atoms with Crippen LogP contribution in [0.15, 0.2) is 10.4 Å². The molecule has 0 bridgehead atoms. The first kappa shape index (κ1) is 16.8. The van der Waals surface area contributed by atoms with Gasteiger partial charge in [-0.1, -0.05) is 6.92 Å². The highest BCUT2D eigenvalue weighted by Crippen LogP contribution is 2.30. The molecular formula is C11H20ClN3O2S2. The summed E-state index contributed by atoms with van der Waals surface area (Å²) >= 11 is 1.22. The van der Waals surface area contributed by atoms with Crippen molar-refractivity contribution in [2.75, 3.05) is 13.1 Å². The molecule has 1 aliphatic heterocycles. The number of halogens is 1. The van der Waals surface area contributed by atoms with Gasteiger partial charge < -0.3 is 5.73 Å². The molecule has 1 aliphatic rings. The predicted molar refractivity (Wildman–Crippen MR) is 79.2 cm³/mol. The average Bonchev–Trinajstić information content (AvgIpc) is 2.76. The molecule has 0 aromatic carbocycles. The summed E-state index contributed by atoms with van der Waals surface area (Å²) in [7, 11) is -3.42. The topological polar surface area (TPSA) is 76.3 Å². The zero-order valence-corrected chi connectivity index (χ0v) is 13.5. The van der Waals surface area contributed by atoms with E-state index in [0.29, 0.717) is 23.2 Å². The standard InChI is InChI=1S/C11H19N3O2S2.ClH/c1-8-3-4-14(10(5-8)6-12)18(15,16)11-7-13-9(2)17-11;/h7-8,10H,3-6,12H2,1-2H3;1H. The Kier molecular flexibility index (Phi) is 5.76. The zero-order valence-electron chi connectivity index (χ0n) is 11.1. The van der Waals surface area contributed by atoms with Gasteiger partial charge in [0.1, 0.15) is 0 Å². The van der Waals surface area contributed by atoms with Crippen molar-refractivity contribution in [2.45, 2.75) is 36.9 Å². The molecule has 0 amide bonds. The molecule has 1 saturated heterocycles. The van der Waals surface area contributed by atoms with Gasteiger partial charge >= 0.3 is 0 Å². The first-order valence-electron chi connectivity index (χ1n) is 6.09. The fourth-order valence-corrected chi connectivity index (χ4v) is 5.24. The van der Waals surface area contributed by atoms with Crippen LogP contribution in [0, 0.1) is 12.8 Å². The summed E-state index contributed by atoms with van der Waals surface area (Å²) in [6.45, 7) is 4.88. The molecule has 2 rings (SSSR count). The molecule has 2 heterocycles. The second-order valence-corrected chi connectivity index (χ2v) is 8.19. The van der Waals surface area contributed by atoms with E-state index < -0.39 is 10.0 Å². The van der Waals surface area contributed by atoms with Crippen molar-refractivity contribution in [3.63, 3.8) is 0 Å². The number of hydrogen-bond donors (Lipinski definition) is 1. The van der Waals surface area contributed by atoms with E-state index in [4.69, 9.17) is 5.73 Å². The van der Waals surface area contributed by atoms with Crippen molar-refractivity contribution in [2.24, 2.45) is 11.7 Å². The smallest absolute Gasteiger partial charge is 0.254 e. The summed E-state index contributed by atoms with van der Waals surface area (Å²) in [5.74, 6) is 0.535. The molecule has 0 saturated carbocycles. The van der Waals surface area contributed by atoms with Crippen LogP contribution in [-0.4, -0.2) is 36.8 Å². The third kappa shape index (κ3) is 3.46. The molecule has 0 radical (unpaired) electrons. The zero-order chi connectivity index (χ0) is 13.3. The molecule has 19 heavy (non-hydrogen) atoms. The fraction of sp³-hybridized carbons (Fsp3) is 0.727. The third-order valence-corrected chi connectivity index (χ3v) is 6.66. The SMILES string of the molecule is Cc1ncc(S(=O)(=O)N2CCC(C)CC2CN)s1.Cl. The summed E-state index contributed by atoms with van der Waals surface area (Å²) in [6, 6.07) is -0.0823. The van der Waals surface area contributed by atoms with E-state index in [0.717, 1.165) is 17.8 Å². The summed E-state index contributed by atoms with van der Waals surface area (Å²) in [4.78, 5) is 4.02. The van der Waals surface area contributed by atoms with Crippen LogP contribution < -0.4 is 5.73 Å². The minimum atomic E-state index is -3.42. The minimum Gasteiger partial charge on any atom is -0.329 e. The number of nitrogens with zero attached hydrogens (tertiary/aromatic N) is 2. The Labute approximate surface area is 124 Å². The van der Waals surface area contributed by atoms with Crippen LogP contribution >= 0.6 is 23.7 Å². The number of hydrogen-bond acceptors (Lipinski definition) is 5. The summed E-state index contributed by atoms with van der Waals surface area (Å²) in [6.07, 6.45) is 3.18. The van der Waals surface area contributed by atoms with Gasteiger partial charge in [-0.2, -0.15) is 4.31 Å². The Hall–Kier alpha value is -0.210. The van der Waals surface area contributed by atoms with Crippen molar-refractivity contribution in [1.82, 2.24) is 9.29 Å². The summed E-state index contributed by atoms with van der Waals surface area (Å²) in [5.41, 5.74) is 5.72. The minimum absolute atomic E-state index is 0. The Morgan fingerprint density at radius 2 is 2.26 bits per heavy atom. The number of nitrogens with two attached hydrogens (primary N) is 1. The van der Waals surface area contributed by atoms with Gasteiger partial charge in [-0.25, -0.2) is 13.4 Å². The maximum absolute atomic E-state index is 12.5. The van der Waals surface area contributed by atoms with Crippen molar-refractivity contribution < 1.29 is 8.42 Å².